The highest BCUT2D eigenvalue weighted by Gasteiger charge is 2.71. The summed E-state index contributed by atoms with van der Waals surface area (Å²) in [4.78, 5) is 36.0. The van der Waals surface area contributed by atoms with Crippen molar-refractivity contribution in [1.82, 2.24) is 10.4 Å². The third-order valence-corrected chi connectivity index (χ3v) is 6.44. The largest absolute Gasteiger partial charge is 0.461 e. The Hall–Kier alpha value is -1.26. The second-order valence-electron chi connectivity index (χ2n) is 6.29. The smallest absolute Gasteiger partial charge is 0.429 e. The fourth-order valence-corrected chi connectivity index (χ4v) is 5.69. The molecule has 0 bridgehead atoms. The Kier molecular flexibility index (Phi) is 4.80. The van der Waals surface area contributed by atoms with Gasteiger partial charge >= 0.3 is 18.2 Å². The van der Waals surface area contributed by atoms with Crippen molar-refractivity contribution in [2.45, 2.75) is 49.2 Å². The van der Waals surface area contributed by atoms with E-state index in [9.17, 15) is 14.4 Å². The number of esters is 1. The topological polar surface area (TPSA) is 94.2 Å². The molecule has 1 saturated heterocycles. The van der Waals surface area contributed by atoms with E-state index in [2.05, 4.69) is 28.0 Å². The van der Waals surface area contributed by atoms with Gasteiger partial charge in [0, 0.05) is 11.3 Å². The molecule has 0 unspecified atom stereocenters. The van der Waals surface area contributed by atoms with Gasteiger partial charge in [-0.1, -0.05) is 22.6 Å². The van der Waals surface area contributed by atoms with Crippen LogP contribution in [-0.2, 0) is 19.0 Å². The normalized spacial score (nSPS) is 32.0. The van der Waals surface area contributed by atoms with Gasteiger partial charge in [-0.15, -0.1) is 0 Å². The molecule has 1 heterocycles. The van der Waals surface area contributed by atoms with Crippen LogP contribution in [0.3, 0.4) is 0 Å². The zero-order valence-corrected chi connectivity index (χ0v) is 15.8. The van der Waals surface area contributed by atoms with Gasteiger partial charge in [-0.2, -0.15) is 0 Å². The predicted molar refractivity (Wildman–Crippen MR) is 90.3 cm³/mol. The number of rotatable bonds is 3. The van der Waals surface area contributed by atoms with Gasteiger partial charge in [0.1, 0.15) is 6.10 Å². The summed E-state index contributed by atoms with van der Waals surface area (Å²) in [5, 5.41) is 1.25. The van der Waals surface area contributed by atoms with E-state index >= 15 is 0 Å². The number of halogens is 1. The van der Waals surface area contributed by atoms with Crippen LogP contribution in [0.2, 0.25) is 0 Å². The van der Waals surface area contributed by atoms with Crippen LogP contribution in [0.25, 0.3) is 0 Å². The number of alkyl halides is 1. The summed E-state index contributed by atoms with van der Waals surface area (Å²) >= 11 is 2.21. The fraction of sp³-hybridized carbons (Fsp3) is 0.800. The number of hydrogen-bond acceptors (Lipinski definition) is 6. The molecule has 2 amide bonds. The predicted octanol–water partition coefficient (Wildman–Crippen LogP) is 2.00. The molecule has 0 aromatic rings. The van der Waals surface area contributed by atoms with E-state index < -0.39 is 12.2 Å². The highest BCUT2D eigenvalue weighted by molar-refractivity contribution is 14.1. The number of ether oxygens (including phenoxy) is 3. The van der Waals surface area contributed by atoms with Crippen LogP contribution in [0.15, 0.2) is 0 Å². The average molecular weight is 452 g/mol. The zero-order chi connectivity index (χ0) is 17.5. The minimum absolute atomic E-state index is 0.0813. The van der Waals surface area contributed by atoms with Gasteiger partial charge in [0.2, 0.25) is 0 Å². The van der Waals surface area contributed by atoms with E-state index in [0.29, 0.717) is 6.42 Å². The van der Waals surface area contributed by atoms with Crippen molar-refractivity contribution in [3.63, 3.8) is 0 Å². The lowest BCUT2D eigenvalue weighted by molar-refractivity contribution is -0.141. The van der Waals surface area contributed by atoms with Crippen LogP contribution >= 0.6 is 22.6 Å². The maximum absolute atomic E-state index is 12.4. The van der Waals surface area contributed by atoms with Gasteiger partial charge in [0.15, 0.2) is 0 Å². The van der Waals surface area contributed by atoms with Crippen LogP contribution in [0.5, 0.6) is 0 Å². The van der Waals surface area contributed by atoms with Crippen molar-refractivity contribution in [2.75, 3.05) is 13.2 Å². The molecule has 3 rings (SSSR count). The van der Waals surface area contributed by atoms with Crippen LogP contribution in [-0.4, -0.2) is 52.4 Å². The SMILES string of the molecule is CCOC(=O)NN(C(=O)OCC)[C@H]1[C@H](I)[C@H]2OC(=O)C[C@H]2C12CC2. The van der Waals surface area contributed by atoms with Crippen LogP contribution in [0.4, 0.5) is 9.59 Å². The first-order chi connectivity index (χ1) is 11.4. The molecular formula is C15H21IN2O6. The quantitative estimate of drug-likeness (QED) is 0.232. The zero-order valence-electron chi connectivity index (χ0n) is 13.6. The molecule has 9 heteroatoms. The third kappa shape index (κ3) is 2.80. The van der Waals surface area contributed by atoms with E-state index in [1.807, 2.05) is 0 Å². The van der Waals surface area contributed by atoms with E-state index in [0.717, 1.165) is 12.8 Å². The molecule has 24 heavy (non-hydrogen) atoms. The lowest BCUT2D eigenvalue weighted by Gasteiger charge is -2.34. The minimum Gasteiger partial charge on any atom is -0.461 e. The van der Waals surface area contributed by atoms with Gasteiger partial charge in [0.25, 0.3) is 0 Å². The van der Waals surface area contributed by atoms with Crippen molar-refractivity contribution in [1.29, 1.82) is 0 Å². The second kappa shape index (κ2) is 6.57. The summed E-state index contributed by atoms with van der Waals surface area (Å²) in [6.45, 7) is 3.80. The Morgan fingerprint density at radius 2 is 2.00 bits per heavy atom. The Labute approximate surface area is 153 Å². The number of carbonyl (C=O) groups is 3. The summed E-state index contributed by atoms with van der Waals surface area (Å²) in [6, 6.07) is -0.287. The summed E-state index contributed by atoms with van der Waals surface area (Å²) in [5.41, 5.74) is 2.32. The van der Waals surface area contributed by atoms with Crippen molar-refractivity contribution in [3.05, 3.63) is 0 Å². The lowest BCUT2D eigenvalue weighted by Crippen LogP contribution is -2.57. The summed E-state index contributed by atoms with van der Waals surface area (Å²) < 4.78 is 15.4. The fourth-order valence-electron chi connectivity index (χ4n) is 4.01. The Bertz CT molecular complexity index is 552. The van der Waals surface area contributed by atoms with Crippen LogP contribution < -0.4 is 5.43 Å². The number of hydrogen-bond donors (Lipinski definition) is 1. The Morgan fingerprint density at radius 1 is 1.33 bits per heavy atom. The number of carbonyl (C=O) groups excluding carboxylic acids is 3. The molecule has 3 fully saturated rings. The van der Waals surface area contributed by atoms with E-state index in [1.54, 1.807) is 13.8 Å². The van der Waals surface area contributed by atoms with Crippen molar-refractivity contribution < 1.29 is 28.6 Å². The Balaban J connectivity index is 1.85. The standard InChI is InChI=1S/C15H21IN2O6/c1-3-22-13(20)17-18(14(21)23-4-2)12-10(16)11-8(7-9(19)24-11)15(12)5-6-15/h8,10-12H,3-7H2,1-2H3,(H,17,20)/t8-,10-,11+,12+/m1/s1. The number of nitrogens with one attached hydrogen (secondary N) is 1. The van der Waals surface area contributed by atoms with Gasteiger partial charge in [-0.3, -0.25) is 4.79 Å². The molecular weight excluding hydrogens is 431 g/mol. The van der Waals surface area contributed by atoms with Gasteiger partial charge < -0.3 is 14.2 Å². The molecule has 1 spiro atoms. The molecule has 3 aliphatic rings. The molecule has 4 atom stereocenters. The summed E-state index contributed by atoms with van der Waals surface area (Å²) in [6.07, 6.45) is 0.627. The molecule has 2 saturated carbocycles. The third-order valence-electron chi connectivity index (χ3n) is 5.05. The van der Waals surface area contributed by atoms with Crippen LogP contribution in [0, 0.1) is 11.3 Å². The van der Waals surface area contributed by atoms with Crippen molar-refractivity contribution in [2.24, 2.45) is 11.3 Å². The molecule has 0 aromatic carbocycles. The minimum atomic E-state index is -0.695. The van der Waals surface area contributed by atoms with E-state index in [1.165, 1.54) is 5.01 Å². The van der Waals surface area contributed by atoms with E-state index in [4.69, 9.17) is 14.2 Å². The first-order valence-electron chi connectivity index (χ1n) is 8.17. The first-order valence-corrected chi connectivity index (χ1v) is 9.42. The van der Waals surface area contributed by atoms with Crippen molar-refractivity contribution in [3.8, 4) is 0 Å². The maximum atomic E-state index is 12.4. The second-order valence-corrected chi connectivity index (χ2v) is 7.73. The maximum Gasteiger partial charge on any atom is 0.429 e. The molecule has 1 N–H and O–H groups in total. The molecule has 8 nitrogen and oxygen atoms in total. The number of amides is 2. The lowest BCUT2D eigenvalue weighted by atomic mass is 9.88. The average Bonchev–Trinajstić information content (AvgIpc) is 3.17. The molecule has 134 valence electrons. The van der Waals surface area contributed by atoms with Gasteiger partial charge in [-0.05, 0) is 26.7 Å². The van der Waals surface area contributed by atoms with Crippen LogP contribution in [0.1, 0.15) is 33.1 Å². The highest BCUT2D eigenvalue weighted by atomic mass is 127. The molecule has 0 radical (unpaired) electrons. The molecule has 2 aliphatic carbocycles. The summed E-state index contributed by atoms with van der Waals surface area (Å²) in [7, 11) is 0. The number of hydrazine groups is 1. The van der Waals surface area contributed by atoms with Gasteiger partial charge in [0.05, 0.1) is 29.6 Å². The number of fused-ring (bicyclic) bond motifs is 2. The molecule has 1 aliphatic heterocycles. The summed E-state index contributed by atoms with van der Waals surface area (Å²) in [5.74, 6) is -0.102. The monoisotopic (exact) mass is 452 g/mol. The first kappa shape index (κ1) is 17.6. The van der Waals surface area contributed by atoms with E-state index in [-0.39, 0.29) is 46.6 Å². The van der Waals surface area contributed by atoms with Crippen molar-refractivity contribution >= 4 is 40.7 Å². The highest BCUT2D eigenvalue weighted by Crippen LogP contribution is 2.67. The molecule has 0 aromatic heterocycles. The number of nitrogens with zero attached hydrogens (tertiary/aromatic N) is 1. The Morgan fingerprint density at radius 3 is 2.58 bits per heavy atom. The van der Waals surface area contributed by atoms with Gasteiger partial charge in [-0.25, -0.2) is 20.0 Å².